The SMILES string of the molecule is O=C(CNC(=O)[C@H]1COc2ccccc2O1)N/N=C\c1cccnc1. The number of nitrogens with one attached hydrogen (secondary N) is 2. The third-order valence-electron chi connectivity index (χ3n) is 3.31. The summed E-state index contributed by atoms with van der Waals surface area (Å²) >= 11 is 0. The smallest absolute Gasteiger partial charge is 0.265 e. The van der Waals surface area contributed by atoms with Crippen LogP contribution in [0.4, 0.5) is 0 Å². The van der Waals surface area contributed by atoms with E-state index in [4.69, 9.17) is 9.47 Å². The monoisotopic (exact) mass is 340 g/mol. The third kappa shape index (κ3) is 4.54. The van der Waals surface area contributed by atoms with E-state index in [0.717, 1.165) is 5.56 Å². The number of aromatic nitrogens is 1. The summed E-state index contributed by atoms with van der Waals surface area (Å²) in [7, 11) is 0. The van der Waals surface area contributed by atoms with Gasteiger partial charge in [0, 0.05) is 18.0 Å². The molecule has 0 radical (unpaired) electrons. The van der Waals surface area contributed by atoms with Crippen molar-refractivity contribution in [3.63, 3.8) is 0 Å². The topological polar surface area (TPSA) is 102 Å². The molecule has 0 spiro atoms. The van der Waals surface area contributed by atoms with Gasteiger partial charge in [-0.15, -0.1) is 0 Å². The summed E-state index contributed by atoms with van der Waals surface area (Å²) in [5.74, 6) is 0.208. The molecule has 1 aromatic heterocycles. The zero-order chi connectivity index (χ0) is 17.5. The minimum atomic E-state index is -0.804. The van der Waals surface area contributed by atoms with Gasteiger partial charge in [0.1, 0.15) is 6.61 Å². The van der Waals surface area contributed by atoms with E-state index in [1.54, 1.807) is 42.7 Å². The molecule has 0 fully saturated rings. The van der Waals surface area contributed by atoms with Crippen molar-refractivity contribution in [3.8, 4) is 11.5 Å². The van der Waals surface area contributed by atoms with Crippen LogP contribution in [0.1, 0.15) is 5.56 Å². The number of para-hydroxylation sites is 2. The van der Waals surface area contributed by atoms with Crippen LogP contribution in [0.2, 0.25) is 0 Å². The van der Waals surface area contributed by atoms with Gasteiger partial charge in [0.2, 0.25) is 6.10 Å². The third-order valence-corrected chi connectivity index (χ3v) is 3.31. The first-order valence-corrected chi connectivity index (χ1v) is 7.60. The lowest BCUT2D eigenvalue weighted by atomic mass is 10.2. The lowest BCUT2D eigenvalue weighted by Gasteiger charge is -2.25. The normalized spacial score (nSPS) is 15.6. The zero-order valence-corrected chi connectivity index (χ0v) is 13.2. The molecular weight excluding hydrogens is 324 g/mol. The van der Waals surface area contributed by atoms with Gasteiger partial charge < -0.3 is 14.8 Å². The second-order valence-corrected chi connectivity index (χ2v) is 5.16. The number of nitrogens with zero attached hydrogens (tertiary/aromatic N) is 2. The van der Waals surface area contributed by atoms with E-state index in [1.807, 2.05) is 6.07 Å². The second-order valence-electron chi connectivity index (χ2n) is 5.16. The molecule has 2 heterocycles. The van der Waals surface area contributed by atoms with Crippen molar-refractivity contribution in [1.29, 1.82) is 0 Å². The number of hydrazone groups is 1. The number of amides is 2. The molecule has 8 heteroatoms. The molecule has 8 nitrogen and oxygen atoms in total. The van der Waals surface area contributed by atoms with Crippen LogP contribution in [-0.2, 0) is 9.59 Å². The summed E-state index contributed by atoms with van der Waals surface area (Å²) in [5, 5.41) is 6.28. The minimum Gasteiger partial charge on any atom is -0.485 e. The van der Waals surface area contributed by atoms with Gasteiger partial charge in [-0.3, -0.25) is 14.6 Å². The fraction of sp³-hybridized carbons (Fsp3) is 0.176. The highest BCUT2D eigenvalue weighted by Gasteiger charge is 2.27. The Bertz CT molecular complexity index is 779. The van der Waals surface area contributed by atoms with Crippen LogP contribution >= 0.6 is 0 Å². The van der Waals surface area contributed by atoms with Crippen molar-refractivity contribution in [1.82, 2.24) is 15.7 Å². The summed E-state index contributed by atoms with van der Waals surface area (Å²) in [6.45, 7) is -0.131. The average molecular weight is 340 g/mol. The van der Waals surface area contributed by atoms with Crippen molar-refractivity contribution in [2.24, 2.45) is 5.10 Å². The summed E-state index contributed by atoms with van der Waals surface area (Å²) in [6, 6.07) is 10.6. The number of carbonyl (C=O) groups excluding carboxylic acids is 2. The Hall–Kier alpha value is -3.42. The van der Waals surface area contributed by atoms with Crippen LogP contribution in [0.15, 0.2) is 53.9 Å². The highest BCUT2D eigenvalue weighted by atomic mass is 16.6. The summed E-state index contributed by atoms with van der Waals surface area (Å²) < 4.78 is 11.0. The molecule has 1 atom stereocenters. The highest BCUT2D eigenvalue weighted by molar-refractivity contribution is 5.88. The Balaban J connectivity index is 1.43. The number of ether oxygens (including phenoxy) is 2. The molecule has 0 unspecified atom stereocenters. The lowest BCUT2D eigenvalue weighted by Crippen LogP contribution is -2.46. The maximum Gasteiger partial charge on any atom is 0.265 e. The van der Waals surface area contributed by atoms with Crippen LogP contribution in [-0.4, -0.2) is 42.3 Å². The van der Waals surface area contributed by atoms with E-state index in [-0.39, 0.29) is 13.2 Å². The van der Waals surface area contributed by atoms with E-state index >= 15 is 0 Å². The maximum absolute atomic E-state index is 12.1. The number of fused-ring (bicyclic) bond motifs is 1. The number of carbonyl (C=O) groups is 2. The van der Waals surface area contributed by atoms with E-state index in [2.05, 4.69) is 20.8 Å². The molecule has 25 heavy (non-hydrogen) atoms. The van der Waals surface area contributed by atoms with Gasteiger partial charge in [-0.1, -0.05) is 18.2 Å². The summed E-state index contributed by atoms with van der Waals surface area (Å²) in [4.78, 5) is 27.7. The first-order chi connectivity index (χ1) is 12.2. The molecule has 3 rings (SSSR count). The predicted molar refractivity (Wildman–Crippen MR) is 89.3 cm³/mol. The summed E-state index contributed by atoms with van der Waals surface area (Å²) in [5.41, 5.74) is 3.07. The largest absolute Gasteiger partial charge is 0.485 e. The first-order valence-electron chi connectivity index (χ1n) is 7.60. The van der Waals surface area contributed by atoms with E-state index in [1.165, 1.54) is 6.21 Å². The fourth-order valence-corrected chi connectivity index (χ4v) is 2.10. The van der Waals surface area contributed by atoms with Crippen molar-refractivity contribution < 1.29 is 19.1 Å². The van der Waals surface area contributed by atoms with Crippen molar-refractivity contribution in [2.75, 3.05) is 13.2 Å². The van der Waals surface area contributed by atoms with Crippen LogP contribution < -0.4 is 20.2 Å². The van der Waals surface area contributed by atoms with Gasteiger partial charge in [-0.2, -0.15) is 5.10 Å². The van der Waals surface area contributed by atoms with Gasteiger partial charge in [0.15, 0.2) is 11.5 Å². The number of hydrogen-bond donors (Lipinski definition) is 2. The molecule has 2 amide bonds. The van der Waals surface area contributed by atoms with Gasteiger partial charge in [0.25, 0.3) is 11.8 Å². The Morgan fingerprint density at radius 2 is 2.08 bits per heavy atom. The molecule has 1 aliphatic rings. The van der Waals surface area contributed by atoms with E-state index in [0.29, 0.717) is 11.5 Å². The number of hydrogen-bond acceptors (Lipinski definition) is 6. The number of benzene rings is 1. The molecule has 2 aromatic rings. The molecule has 0 saturated carbocycles. The fourth-order valence-electron chi connectivity index (χ4n) is 2.10. The Kier molecular flexibility index (Phi) is 5.20. The first kappa shape index (κ1) is 16.4. The van der Waals surface area contributed by atoms with Crippen molar-refractivity contribution >= 4 is 18.0 Å². The summed E-state index contributed by atoms with van der Waals surface area (Å²) in [6.07, 6.45) is 3.90. The Labute approximate surface area is 143 Å². The standard InChI is InChI=1S/C17H16N4O4/c22-16(21-20-9-12-4-3-7-18-8-12)10-19-17(23)15-11-24-13-5-1-2-6-14(13)25-15/h1-9,15H,10-11H2,(H,19,23)(H,21,22)/b20-9-/t15-/m1/s1. The highest BCUT2D eigenvalue weighted by Crippen LogP contribution is 2.30. The van der Waals surface area contributed by atoms with Gasteiger partial charge in [-0.05, 0) is 18.2 Å². The van der Waals surface area contributed by atoms with Crippen LogP contribution in [0.25, 0.3) is 0 Å². The lowest BCUT2D eigenvalue weighted by molar-refractivity contribution is -0.132. The molecule has 1 aliphatic heterocycles. The molecule has 0 aliphatic carbocycles. The van der Waals surface area contributed by atoms with Crippen LogP contribution in [0, 0.1) is 0 Å². The number of rotatable bonds is 5. The molecule has 0 bridgehead atoms. The van der Waals surface area contributed by atoms with Gasteiger partial charge in [-0.25, -0.2) is 5.43 Å². The number of pyridine rings is 1. The van der Waals surface area contributed by atoms with Crippen LogP contribution in [0.3, 0.4) is 0 Å². The van der Waals surface area contributed by atoms with Gasteiger partial charge in [0.05, 0.1) is 12.8 Å². The maximum atomic E-state index is 12.1. The molecule has 2 N–H and O–H groups in total. The van der Waals surface area contributed by atoms with Gasteiger partial charge >= 0.3 is 0 Å². The van der Waals surface area contributed by atoms with Crippen molar-refractivity contribution in [3.05, 3.63) is 54.4 Å². The molecular formula is C17H16N4O4. The quantitative estimate of drug-likeness (QED) is 0.609. The predicted octanol–water partition coefficient (Wildman–Crippen LogP) is 0.488. The second kappa shape index (κ2) is 7.91. The Morgan fingerprint density at radius 3 is 2.88 bits per heavy atom. The molecule has 0 saturated heterocycles. The van der Waals surface area contributed by atoms with Crippen LogP contribution in [0.5, 0.6) is 11.5 Å². The minimum absolute atomic E-state index is 0.0869. The average Bonchev–Trinajstić information content (AvgIpc) is 2.66. The Morgan fingerprint density at radius 1 is 1.24 bits per heavy atom. The zero-order valence-electron chi connectivity index (χ0n) is 13.2. The molecule has 128 valence electrons. The van der Waals surface area contributed by atoms with E-state index < -0.39 is 17.9 Å². The molecule has 1 aromatic carbocycles. The van der Waals surface area contributed by atoms with E-state index in [9.17, 15) is 9.59 Å². The van der Waals surface area contributed by atoms with Crippen molar-refractivity contribution in [2.45, 2.75) is 6.10 Å².